The van der Waals surface area contributed by atoms with Crippen molar-refractivity contribution in [1.82, 2.24) is 24.6 Å². The molecule has 4 rings (SSSR count). The molecule has 0 radical (unpaired) electrons. The van der Waals surface area contributed by atoms with Gasteiger partial charge in [-0.1, -0.05) is 0 Å². The van der Waals surface area contributed by atoms with E-state index >= 15 is 0 Å². The van der Waals surface area contributed by atoms with Crippen LogP contribution in [0, 0.1) is 6.92 Å². The summed E-state index contributed by atoms with van der Waals surface area (Å²) >= 11 is 0. The van der Waals surface area contributed by atoms with Gasteiger partial charge in [-0.05, 0) is 33.1 Å². The van der Waals surface area contributed by atoms with E-state index in [1.54, 1.807) is 10.7 Å². The lowest BCUT2D eigenvalue weighted by molar-refractivity contribution is 0.0662. The molecule has 0 aromatic carbocycles. The van der Waals surface area contributed by atoms with Crippen LogP contribution in [0.2, 0.25) is 0 Å². The van der Waals surface area contributed by atoms with Crippen molar-refractivity contribution in [3.8, 4) is 11.6 Å². The van der Waals surface area contributed by atoms with E-state index in [1.807, 2.05) is 13.8 Å². The zero-order valence-electron chi connectivity index (χ0n) is 13.0. The molecule has 1 saturated carbocycles. The molecule has 3 aromatic heterocycles. The maximum atomic E-state index is 10.2. The zero-order chi connectivity index (χ0) is 16.2. The van der Waals surface area contributed by atoms with Crippen LogP contribution in [0.15, 0.2) is 16.9 Å². The highest BCUT2D eigenvalue weighted by Gasteiger charge is 2.36. The maximum absolute atomic E-state index is 10.2. The van der Waals surface area contributed by atoms with Crippen molar-refractivity contribution < 1.29 is 9.52 Å². The van der Waals surface area contributed by atoms with Crippen LogP contribution in [0.1, 0.15) is 43.6 Å². The lowest BCUT2D eigenvalue weighted by atomic mass is 10.0. The fourth-order valence-corrected chi connectivity index (χ4v) is 3.24. The van der Waals surface area contributed by atoms with Crippen molar-refractivity contribution in [1.29, 1.82) is 0 Å². The summed E-state index contributed by atoms with van der Waals surface area (Å²) in [6.45, 7) is 3.73. The molecule has 3 N–H and O–H groups in total. The zero-order valence-corrected chi connectivity index (χ0v) is 13.0. The number of nitrogens with two attached hydrogens (primary N) is 1. The fourth-order valence-electron chi connectivity index (χ4n) is 3.24. The Balaban J connectivity index is 1.83. The average molecular weight is 314 g/mol. The number of aliphatic hydroxyl groups is 1. The predicted octanol–water partition coefficient (Wildman–Crippen LogP) is 1.69. The summed E-state index contributed by atoms with van der Waals surface area (Å²) in [6, 6.07) is 0. The standard InChI is InChI=1S/C15H18N6O2/c1-8-10(14-17-5-6-23-14)18-11(16)13-19-12(20-21(8)13)9-3-4-15(2,22)7-9/h5-6,9,22H,3-4,7H2,1-2H3,(H2,16,18)/t9-,15+/m0/s1. The number of aryl methyl sites for hydroxylation is 1. The van der Waals surface area contributed by atoms with Crippen molar-refractivity contribution in [2.45, 2.75) is 44.6 Å². The number of anilines is 1. The summed E-state index contributed by atoms with van der Waals surface area (Å²) < 4.78 is 7.00. The van der Waals surface area contributed by atoms with Crippen molar-refractivity contribution in [3.05, 3.63) is 24.0 Å². The van der Waals surface area contributed by atoms with Crippen molar-refractivity contribution in [2.24, 2.45) is 0 Å². The first kappa shape index (κ1) is 14.1. The first-order valence-corrected chi connectivity index (χ1v) is 7.59. The number of hydrogen-bond acceptors (Lipinski definition) is 7. The van der Waals surface area contributed by atoms with Gasteiger partial charge >= 0.3 is 0 Å². The lowest BCUT2D eigenvalue weighted by Crippen LogP contribution is -2.18. The molecule has 120 valence electrons. The third-order valence-electron chi connectivity index (χ3n) is 4.46. The van der Waals surface area contributed by atoms with Gasteiger partial charge in [-0.15, -0.1) is 0 Å². The van der Waals surface area contributed by atoms with Gasteiger partial charge in [0.1, 0.15) is 12.0 Å². The van der Waals surface area contributed by atoms with Gasteiger partial charge in [0.2, 0.25) is 5.89 Å². The molecule has 0 bridgehead atoms. The lowest BCUT2D eigenvalue weighted by Gasteiger charge is -2.14. The monoisotopic (exact) mass is 314 g/mol. The van der Waals surface area contributed by atoms with Crippen LogP contribution < -0.4 is 5.73 Å². The van der Waals surface area contributed by atoms with Gasteiger partial charge in [-0.2, -0.15) is 5.10 Å². The van der Waals surface area contributed by atoms with Crippen molar-refractivity contribution in [2.75, 3.05) is 5.73 Å². The number of rotatable bonds is 2. The molecule has 0 spiro atoms. The number of aromatic nitrogens is 5. The molecule has 0 unspecified atom stereocenters. The highest BCUT2D eigenvalue weighted by Crippen LogP contribution is 2.39. The smallest absolute Gasteiger partial charge is 0.246 e. The van der Waals surface area contributed by atoms with Crippen molar-refractivity contribution >= 4 is 11.5 Å². The Morgan fingerprint density at radius 3 is 2.91 bits per heavy atom. The van der Waals surface area contributed by atoms with Gasteiger partial charge in [-0.3, -0.25) is 0 Å². The first-order chi connectivity index (χ1) is 10.9. The van der Waals surface area contributed by atoms with Crippen LogP contribution in [0.5, 0.6) is 0 Å². The molecule has 8 heteroatoms. The summed E-state index contributed by atoms with van der Waals surface area (Å²) in [5.74, 6) is 1.52. The van der Waals surface area contributed by atoms with Gasteiger partial charge in [0.25, 0.3) is 0 Å². The van der Waals surface area contributed by atoms with Crippen LogP contribution in [0.3, 0.4) is 0 Å². The largest absolute Gasteiger partial charge is 0.443 e. The summed E-state index contributed by atoms with van der Waals surface area (Å²) in [6.07, 6.45) is 5.32. The minimum Gasteiger partial charge on any atom is -0.443 e. The van der Waals surface area contributed by atoms with E-state index in [-0.39, 0.29) is 11.7 Å². The van der Waals surface area contributed by atoms with Gasteiger partial charge in [0.15, 0.2) is 17.3 Å². The topological polar surface area (TPSA) is 115 Å². The van der Waals surface area contributed by atoms with Crippen molar-refractivity contribution in [3.63, 3.8) is 0 Å². The van der Waals surface area contributed by atoms with Crippen LogP contribution in [0.4, 0.5) is 5.82 Å². The first-order valence-electron chi connectivity index (χ1n) is 7.59. The normalized spacial score (nSPS) is 24.6. The van der Waals surface area contributed by atoms with E-state index in [4.69, 9.17) is 10.2 Å². The van der Waals surface area contributed by atoms with Crippen LogP contribution >= 0.6 is 0 Å². The fraction of sp³-hybridized carbons (Fsp3) is 0.467. The van der Waals surface area contributed by atoms with Crippen LogP contribution in [0.25, 0.3) is 17.2 Å². The molecule has 0 saturated heterocycles. The van der Waals surface area contributed by atoms with E-state index in [0.29, 0.717) is 29.5 Å². The summed E-state index contributed by atoms with van der Waals surface area (Å²) in [7, 11) is 0. The quantitative estimate of drug-likeness (QED) is 0.739. The minimum atomic E-state index is -0.649. The summed E-state index contributed by atoms with van der Waals surface area (Å²) in [5, 5.41) is 14.8. The molecule has 2 atom stereocenters. The SMILES string of the molecule is Cc1c(-c2ncco2)nc(N)c2nc([C@H]3CC[C@@](C)(O)C3)nn12. The number of nitrogens with zero attached hydrogens (tertiary/aromatic N) is 5. The third-order valence-corrected chi connectivity index (χ3v) is 4.46. The van der Waals surface area contributed by atoms with Gasteiger partial charge in [0, 0.05) is 5.92 Å². The van der Waals surface area contributed by atoms with E-state index < -0.39 is 5.60 Å². The van der Waals surface area contributed by atoms with E-state index in [9.17, 15) is 5.11 Å². The van der Waals surface area contributed by atoms with Crippen LogP contribution in [-0.4, -0.2) is 35.3 Å². The van der Waals surface area contributed by atoms with Crippen LogP contribution in [-0.2, 0) is 0 Å². The predicted molar refractivity (Wildman–Crippen MR) is 82.6 cm³/mol. The Morgan fingerprint density at radius 1 is 1.43 bits per heavy atom. The number of nitrogen functional groups attached to an aromatic ring is 1. The summed E-state index contributed by atoms with van der Waals surface area (Å²) in [5.41, 5.74) is 7.24. The molecule has 23 heavy (non-hydrogen) atoms. The molecule has 0 amide bonds. The van der Waals surface area contributed by atoms with E-state index in [1.165, 1.54) is 6.26 Å². The Kier molecular flexibility index (Phi) is 2.92. The molecule has 1 aliphatic carbocycles. The molecule has 1 aliphatic rings. The second-order valence-electron chi connectivity index (χ2n) is 6.41. The molecule has 3 aromatic rings. The molecule has 8 nitrogen and oxygen atoms in total. The molecule has 0 aliphatic heterocycles. The summed E-state index contributed by atoms with van der Waals surface area (Å²) in [4.78, 5) is 13.0. The molecule has 3 heterocycles. The molecule has 1 fully saturated rings. The molecular weight excluding hydrogens is 296 g/mol. The highest BCUT2D eigenvalue weighted by molar-refractivity contribution is 5.66. The second kappa shape index (κ2) is 4.76. The van der Waals surface area contributed by atoms with Gasteiger partial charge in [0.05, 0.1) is 17.5 Å². The van der Waals surface area contributed by atoms with E-state index in [0.717, 1.165) is 18.5 Å². The van der Waals surface area contributed by atoms with Gasteiger partial charge < -0.3 is 15.3 Å². The number of fused-ring (bicyclic) bond motifs is 1. The number of hydrogen-bond donors (Lipinski definition) is 2. The minimum absolute atomic E-state index is 0.133. The van der Waals surface area contributed by atoms with Gasteiger partial charge in [-0.25, -0.2) is 19.5 Å². The maximum Gasteiger partial charge on any atom is 0.246 e. The average Bonchev–Trinajstić information content (AvgIpc) is 3.21. The number of oxazole rings is 1. The Bertz CT molecular complexity index is 868. The Hall–Kier alpha value is -2.48. The third kappa shape index (κ3) is 2.26. The Morgan fingerprint density at radius 2 is 2.26 bits per heavy atom. The highest BCUT2D eigenvalue weighted by atomic mass is 16.3. The van der Waals surface area contributed by atoms with E-state index in [2.05, 4.69) is 20.1 Å². The molecular formula is C15H18N6O2. The second-order valence-corrected chi connectivity index (χ2v) is 6.41. The Labute approximate surface area is 132 Å².